The van der Waals surface area contributed by atoms with Gasteiger partial charge in [0.05, 0.1) is 10.5 Å². The molecule has 1 fully saturated rings. The predicted octanol–water partition coefficient (Wildman–Crippen LogP) is 4.75. The molecule has 1 unspecified atom stereocenters. The van der Waals surface area contributed by atoms with Crippen molar-refractivity contribution in [1.82, 2.24) is 4.90 Å². The van der Waals surface area contributed by atoms with Gasteiger partial charge < -0.3 is 4.74 Å². The van der Waals surface area contributed by atoms with Crippen molar-refractivity contribution in [3.05, 3.63) is 75.3 Å². The number of likely N-dealkylation sites (tertiary alicyclic amines) is 1. The third-order valence-electron chi connectivity index (χ3n) is 5.10. The number of hydrogen-bond acceptors (Lipinski definition) is 5. The van der Waals surface area contributed by atoms with Crippen LogP contribution in [0.1, 0.15) is 47.7 Å². The van der Waals surface area contributed by atoms with E-state index in [4.69, 9.17) is 4.74 Å². The van der Waals surface area contributed by atoms with Crippen LogP contribution in [0.3, 0.4) is 0 Å². The van der Waals surface area contributed by atoms with E-state index in [1.54, 1.807) is 0 Å². The van der Waals surface area contributed by atoms with Gasteiger partial charge in [-0.05, 0) is 49.6 Å². The molecule has 1 aliphatic rings. The first-order valence-electron chi connectivity index (χ1n) is 9.27. The van der Waals surface area contributed by atoms with Crippen molar-refractivity contribution in [3.63, 3.8) is 0 Å². The molecule has 0 N–H and O–H groups in total. The fraction of sp³-hybridized carbons (Fsp3) is 0.381. The van der Waals surface area contributed by atoms with Crippen LogP contribution in [0, 0.1) is 10.1 Å². The van der Waals surface area contributed by atoms with E-state index in [0.29, 0.717) is 11.6 Å². The quantitative estimate of drug-likeness (QED) is 0.394. The van der Waals surface area contributed by atoms with Gasteiger partial charge in [0.15, 0.2) is 0 Å². The Morgan fingerprint density at radius 3 is 2.46 bits per heavy atom. The number of rotatable bonds is 6. The number of esters is 1. The van der Waals surface area contributed by atoms with E-state index in [0.717, 1.165) is 18.7 Å². The SMILES string of the molecule is CC1CCCCN1Cc1ccccc1COC(=O)c1ccc([N+](=O)[O-])cc1.Cl. The second-order valence-corrected chi connectivity index (χ2v) is 6.96. The predicted molar refractivity (Wildman–Crippen MR) is 110 cm³/mol. The molecule has 2 aromatic rings. The van der Waals surface area contributed by atoms with Crippen molar-refractivity contribution in [2.75, 3.05) is 6.54 Å². The van der Waals surface area contributed by atoms with E-state index < -0.39 is 10.9 Å². The summed E-state index contributed by atoms with van der Waals surface area (Å²) >= 11 is 0. The van der Waals surface area contributed by atoms with Gasteiger partial charge in [0.2, 0.25) is 0 Å². The summed E-state index contributed by atoms with van der Waals surface area (Å²) in [4.78, 5) is 24.9. The Kier molecular flexibility index (Phi) is 7.96. The van der Waals surface area contributed by atoms with Gasteiger partial charge in [-0.15, -0.1) is 12.4 Å². The van der Waals surface area contributed by atoms with Crippen molar-refractivity contribution in [1.29, 1.82) is 0 Å². The fourth-order valence-corrected chi connectivity index (χ4v) is 3.41. The van der Waals surface area contributed by atoms with E-state index in [1.165, 1.54) is 49.1 Å². The van der Waals surface area contributed by atoms with Gasteiger partial charge in [-0.2, -0.15) is 0 Å². The minimum Gasteiger partial charge on any atom is -0.457 e. The zero-order valence-electron chi connectivity index (χ0n) is 15.9. The monoisotopic (exact) mass is 404 g/mol. The summed E-state index contributed by atoms with van der Waals surface area (Å²) in [6.45, 7) is 4.40. The van der Waals surface area contributed by atoms with Crippen LogP contribution < -0.4 is 0 Å². The third kappa shape index (κ3) is 5.53. The van der Waals surface area contributed by atoms with E-state index in [1.807, 2.05) is 18.2 Å². The maximum atomic E-state index is 12.3. The molecule has 0 spiro atoms. The normalized spacial score (nSPS) is 16.8. The van der Waals surface area contributed by atoms with Crippen molar-refractivity contribution >= 4 is 24.1 Å². The summed E-state index contributed by atoms with van der Waals surface area (Å²) in [5, 5.41) is 10.7. The Hall–Kier alpha value is -2.44. The number of carbonyl (C=O) groups is 1. The number of piperidine rings is 1. The average molecular weight is 405 g/mol. The lowest BCUT2D eigenvalue weighted by atomic mass is 10.0. The fourth-order valence-electron chi connectivity index (χ4n) is 3.41. The second kappa shape index (κ2) is 10.2. The Bertz CT molecular complexity index is 810. The van der Waals surface area contributed by atoms with Crippen molar-refractivity contribution in [2.45, 2.75) is 45.4 Å². The highest BCUT2D eigenvalue weighted by atomic mass is 35.5. The summed E-state index contributed by atoms with van der Waals surface area (Å²) < 4.78 is 5.44. The first kappa shape index (κ1) is 21.9. The summed E-state index contributed by atoms with van der Waals surface area (Å²) in [6, 6.07) is 14.0. The highest BCUT2D eigenvalue weighted by molar-refractivity contribution is 5.89. The van der Waals surface area contributed by atoms with Gasteiger partial charge in [0, 0.05) is 24.7 Å². The minimum absolute atomic E-state index is 0. The molecule has 7 heteroatoms. The van der Waals surface area contributed by atoms with Crippen LogP contribution in [0.25, 0.3) is 0 Å². The van der Waals surface area contributed by atoms with Gasteiger partial charge in [-0.3, -0.25) is 15.0 Å². The maximum absolute atomic E-state index is 12.3. The number of benzene rings is 2. The van der Waals surface area contributed by atoms with Crippen LogP contribution in [0.15, 0.2) is 48.5 Å². The lowest BCUT2D eigenvalue weighted by molar-refractivity contribution is -0.384. The van der Waals surface area contributed by atoms with E-state index in [2.05, 4.69) is 17.9 Å². The molecule has 150 valence electrons. The van der Waals surface area contributed by atoms with Gasteiger partial charge in [0.25, 0.3) is 5.69 Å². The van der Waals surface area contributed by atoms with Gasteiger partial charge in [-0.25, -0.2) is 4.79 Å². The van der Waals surface area contributed by atoms with Gasteiger partial charge in [0.1, 0.15) is 6.61 Å². The molecule has 3 rings (SSSR count). The lowest BCUT2D eigenvalue weighted by Crippen LogP contribution is -2.37. The Labute approximate surface area is 171 Å². The molecule has 2 aromatic carbocycles. The molecule has 1 aliphatic heterocycles. The summed E-state index contributed by atoms with van der Waals surface area (Å²) in [5.41, 5.74) is 2.42. The minimum atomic E-state index is -0.493. The average Bonchev–Trinajstić information content (AvgIpc) is 2.69. The molecule has 0 bridgehead atoms. The topological polar surface area (TPSA) is 72.7 Å². The van der Waals surface area contributed by atoms with Gasteiger partial charge in [-0.1, -0.05) is 30.7 Å². The second-order valence-electron chi connectivity index (χ2n) is 6.96. The summed E-state index contributed by atoms with van der Waals surface area (Å²) in [7, 11) is 0. The Balaban J connectivity index is 0.00000280. The molecule has 1 atom stereocenters. The zero-order valence-corrected chi connectivity index (χ0v) is 16.7. The van der Waals surface area contributed by atoms with Crippen molar-refractivity contribution < 1.29 is 14.5 Å². The molecule has 28 heavy (non-hydrogen) atoms. The molecule has 1 saturated heterocycles. The number of nitro benzene ring substituents is 1. The molecule has 0 saturated carbocycles. The number of hydrogen-bond donors (Lipinski definition) is 0. The maximum Gasteiger partial charge on any atom is 0.338 e. The van der Waals surface area contributed by atoms with E-state index in [-0.39, 0.29) is 24.7 Å². The van der Waals surface area contributed by atoms with Crippen LogP contribution in [0.4, 0.5) is 5.69 Å². The molecule has 0 aliphatic carbocycles. The Morgan fingerprint density at radius 2 is 1.82 bits per heavy atom. The smallest absolute Gasteiger partial charge is 0.338 e. The number of halogens is 1. The number of nitro groups is 1. The number of carbonyl (C=O) groups excluding carboxylic acids is 1. The van der Waals surface area contributed by atoms with E-state index in [9.17, 15) is 14.9 Å². The molecule has 0 amide bonds. The largest absolute Gasteiger partial charge is 0.457 e. The summed E-state index contributed by atoms with van der Waals surface area (Å²) in [5.74, 6) is -0.481. The van der Waals surface area contributed by atoms with Crippen molar-refractivity contribution in [2.24, 2.45) is 0 Å². The zero-order chi connectivity index (χ0) is 19.2. The highest BCUT2D eigenvalue weighted by Crippen LogP contribution is 2.21. The van der Waals surface area contributed by atoms with Crippen LogP contribution in [0.5, 0.6) is 0 Å². The lowest BCUT2D eigenvalue weighted by Gasteiger charge is -2.33. The first-order valence-corrected chi connectivity index (χ1v) is 9.27. The standard InChI is InChI=1S/C21H24N2O4.ClH/c1-16-6-4-5-13-22(16)14-18-7-2-3-8-19(18)15-27-21(24)17-9-11-20(12-10-17)23(25)26;/h2-3,7-12,16H,4-6,13-15H2,1H3;1H. The number of ether oxygens (including phenoxy) is 1. The Morgan fingerprint density at radius 1 is 1.14 bits per heavy atom. The third-order valence-corrected chi connectivity index (χ3v) is 5.10. The van der Waals surface area contributed by atoms with Crippen LogP contribution in [-0.2, 0) is 17.9 Å². The van der Waals surface area contributed by atoms with Crippen LogP contribution in [-0.4, -0.2) is 28.4 Å². The molecule has 1 heterocycles. The van der Waals surface area contributed by atoms with Crippen LogP contribution in [0.2, 0.25) is 0 Å². The first-order chi connectivity index (χ1) is 13.0. The van der Waals surface area contributed by atoms with Crippen molar-refractivity contribution in [3.8, 4) is 0 Å². The van der Waals surface area contributed by atoms with Gasteiger partial charge >= 0.3 is 5.97 Å². The molecule has 0 radical (unpaired) electrons. The summed E-state index contributed by atoms with van der Waals surface area (Å²) in [6.07, 6.45) is 3.73. The molecule has 0 aromatic heterocycles. The molecular formula is C21H25ClN2O4. The number of nitrogens with zero attached hydrogens (tertiary/aromatic N) is 2. The van der Waals surface area contributed by atoms with E-state index >= 15 is 0 Å². The van der Waals surface area contributed by atoms with Crippen LogP contribution >= 0.6 is 12.4 Å². The molecular weight excluding hydrogens is 380 g/mol. The highest BCUT2D eigenvalue weighted by Gasteiger charge is 2.19. The molecule has 6 nitrogen and oxygen atoms in total. The number of non-ortho nitro benzene ring substituents is 1.